The fourth-order valence-corrected chi connectivity index (χ4v) is 4.80. The minimum atomic E-state index is -3.45. The minimum Gasteiger partial charge on any atom is -0.381 e. The van der Waals surface area contributed by atoms with Crippen LogP contribution < -0.4 is 4.72 Å². The molecule has 6 nitrogen and oxygen atoms in total. The van der Waals surface area contributed by atoms with Crippen LogP contribution in [0.5, 0.6) is 0 Å². The molecule has 0 radical (unpaired) electrons. The maximum Gasteiger partial charge on any atom is 0.233 e. The van der Waals surface area contributed by atoms with Crippen molar-refractivity contribution >= 4 is 15.9 Å². The van der Waals surface area contributed by atoms with Gasteiger partial charge in [-0.1, -0.05) is 38.3 Å². The third kappa shape index (κ3) is 8.21. The molecule has 7 heteroatoms. The van der Waals surface area contributed by atoms with Gasteiger partial charge in [-0.25, -0.2) is 8.42 Å². The van der Waals surface area contributed by atoms with Crippen molar-refractivity contribution in [2.75, 3.05) is 19.5 Å². The van der Waals surface area contributed by atoms with E-state index in [0.717, 1.165) is 51.6 Å². The molecule has 0 aromatic heterocycles. The molecule has 28 heavy (non-hydrogen) atoms. The molecule has 2 aliphatic rings. The van der Waals surface area contributed by atoms with E-state index < -0.39 is 15.9 Å². The Balaban J connectivity index is 1.64. The first-order valence-corrected chi connectivity index (χ1v) is 12.7. The first kappa shape index (κ1) is 23.4. The molecule has 2 rings (SSSR count). The maximum atomic E-state index is 11.5. The molecule has 0 aromatic rings. The van der Waals surface area contributed by atoms with Crippen LogP contribution in [0, 0.1) is 11.8 Å². The zero-order valence-corrected chi connectivity index (χ0v) is 18.2. The summed E-state index contributed by atoms with van der Waals surface area (Å²) >= 11 is 0. The van der Waals surface area contributed by atoms with E-state index in [2.05, 4.69) is 19.1 Å². The molecule has 2 saturated heterocycles. The number of unbranched alkanes of at least 4 members (excludes halogenated alkanes) is 4. The van der Waals surface area contributed by atoms with Crippen LogP contribution in [0.15, 0.2) is 12.2 Å². The molecule has 0 unspecified atom stereocenters. The van der Waals surface area contributed by atoms with Crippen LogP contribution in [0.1, 0.15) is 71.1 Å². The second-order valence-electron chi connectivity index (χ2n) is 8.15. The number of ether oxygens (including phenoxy) is 2. The molecule has 2 aliphatic heterocycles. The summed E-state index contributed by atoms with van der Waals surface area (Å²) < 4.78 is 36.1. The van der Waals surface area contributed by atoms with E-state index in [1.807, 2.05) is 4.72 Å². The second kappa shape index (κ2) is 11.9. The monoisotopic (exact) mass is 415 g/mol. The van der Waals surface area contributed by atoms with Crippen molar-refractivity contribution in [3.8, 4) is 0 Å². The van der Waals surface area contributed by atoms with Crippen molar-refractivity contribution in [3.05, 3.63) is 12.2 Å². The Labute approximate surface area is 170 Å². The molecular weight excluding hydrogens is 378 g/mol. The molecule has 162 valence electrons. The summed E-state index contributed by atoms with van der Waals surface area (Å²) in [6, 6.07) is 0. The van der Waals surface area contributed by atoms with Crippen molar-refractivity contribution in [2.24, 2.45) is 11.8 Å². The molecular formula is C21H37NO5S. The Bertz CT molecular complexity index is 604. The van der Waals surface area contributed by atoms with Gasteiger partial charge < -0.3 is 9.47 Å². The Morgan fingerprint density at radius 1 is 1.11 bits per heavy atom. The van der Waals surface area contributed by atoms with Crippen LogP contribution in [0.3, 0.4) is 0 Å². The third-order valence-electron chi connectivity index (χ3n) is 5.69. The highest BCUT2D eigenvalue weighted by atomic mass is 32.2. The lowest BCUT2D eigenvalue weighted by Gasteiger charge is -2.27. The molecule has 4 atom stereocenters. The molecule has 0 saturated carbocycles. The van der Waals surface area contributed by atoms with Crippen molar-refractivity contribution in [2.45, 2.75) is 83.3 Å². The summed E-state index contributed by atoms with van der Waals surface area (Å²) in [5.41, 5.74) is 0. The summed E-state index contributed by atoms with van der Waals surface area (Å²) in [6.07, 6.45) is 15.9. The lowest BCUT2D eigenvalue weighted by Crippen LogP contribution is -2.30. The molecule has 1 N–H and O–H groups in total. The van der Waals surface area contributed by atoms with Gasteiger partial charge in [0.05, 0.1) is 25.1 Å². The lowest BCUT2D eigenvalue weighted by molar-refractivity contribution is -0.119. The highest BCUT2D eigenvalue weighted by Crippen LogP contribution is 2.45. The van der Waals surface area contributed by atoms with Gasteiger partial charge in [-0.2, -0.15) is 0 Å². The van der Waals surface area contributed by atoms with E-state index in [-0.39, 0.29) is 6.42 Å². The molecule has 2 heterocycles. The molecule has 0 aromatic carbocycles. The fraction of sp³-hybridized carbons (Fsp3) is 0.857. The number of rotatable bonds is 14. The van der Waals surface area contributed by atoms with Crippen LogP contribution in [-0.4, -0.2) is 46.0 Å². The zero-order valence-electron chi connectivity index (χ0n) is 17.4. The molecule has 1 amide bonds. The standard InChI is InChI=1S/C21H37NO5S/c1-3-4-5-10-15-26-16-18-17(19-13-14-20(18)27-19)11-8-6-7-9-12-21(23)22-28(2,24)25/h6,8,17-20H,3-5,7,9-16H2,1-2H3,(H,22,23)/b8-6-/t17-,18+,19-,20+/m0/s1. The second-order valence-corrected chi connectivity index (χ2v) is 9.90. The van der Waals surface area contributed by atoms with E-state index in [0.29, 0.717) is 30.5 Å². The summed E-state index contributed by atoms with van der Waals surface area (Å²) in [7, 11) is -3.45. The first-order valence-electron chi connectivity index (χ1n) is 10.8. The zero-order chi connectivity index (χ0) is 20.4. The van der Waals surface area contributed by atoms with Crippen molar-refractivity contribution in [1.29, 1.82) is 0 Å². The normalized spacial score (nSPS) is 26.9. The Morgan fingerprint density at radius 2 is 1.86 bits per heavy atom. The number of allylic oxidation sites excluding steroid dienone is 2. The quantitative estimate of drug-likeness (QED) is 0.346. The summed E-state index contributed by atoms with van der Waals surface area (Å²) in [4.78, 5) is 11.5. The van der Waals surface area contributed by atoms with Crippen molar-refractivity contribution < 1.29 is 22.7 Å². The predicted molar refractivity (Wildman–Crippen MR) is 110 cm³/mol. The van der Waals surface area contributed by atoms with Gasteiger partial charge >= 0.3 is 0 Å². The van der Waals surface area contributed by atoms with E-state index in [1.54, 1.807) is 0 Å². The number of nitrogens with one attached hydrogen (secondary N) is 1. The van der Waals surface area contributed by atoms with Crippen LogP contribution >= 0.6 is 0 Å². The van der Waals surface area contributed by atoms with Gasteiger partial charge in [0.15, 0.2) is 0 Å². The third-order valence-corrected chi connectivity index (χ3v) is 6.29. The number of sulfonamides is 1. The van der Waals surface area contributed by atoms with Crippen molar-refractivity contribution in [3.63, 3.8) is 0 Å². The molecule has 2 bridgehead atoms. The smallest absolute Gasteiger partial charge is 0.233 e. The average Bonchev–Trinajstić information content (AvgIpc) is 3.21. The maximum absolute atomic E-state index is 11.5. The highest BCUT2D eigenvalue weighted by Gasteiger charge is 2.48. The largest absolute Gasteiger partial charge is 0.381 e. The van der Waals surface area contributed by atoms with E-state index >= 15 is 0 Å². The van der Waals surface area contributed by atoms with Crippen molar-refractivity contribution in [1.82, 2.24) is 4.72 Å². The van der Waals surface area contributed by atoms with Crippen LogP contribution in [0.4, 0.5) is 0 Å². The fourth-order valence-electron chi connectivity index (χ4n) is 4.29. The first-order chi connectivity index (χ1) is 13.4. The number of amides is 1. The average molecular weight is 416 g/mol. The minimum absolute atomic E-state index is 0.225. The molecule has 0 aliphatic carbocycles. The van der Waals surface area contributed by atoms with Crippen LogP contribution in [0.25, 0.3) is 0 Å². The molecule has 0 spiro atoms. The van der Waals surface area contributed by atoms with E-state index in [1.165, 1.54) is 19.3 Å². The van der Waals surface area contributed by atoms with Gasteiger partial charge in [0, 0.05) is 18.9 Å². The van der Waals surface area contributed by atoms with Gasteiger partial charge in [-0.15, -0.1) is 0 Å². The Hall–Kier alpha value is -0.920. The van der Waals surface area contributed by atoms with Gasteiger partial charge in [0.25, 0.3) is 0 Å². The number of hydrogen-bond donors (Lipinski definition) is 1. The van der Waals surface area contributed by atoms with Gasteiger partial charge in [-0.05, 0) is 44.4 Å². The van der Waals surface area contributed by atoms with E-state index in [9.17, 15) is 13.2 Å². The topological polar surface area (TPSA) is 81.7 Å². The highest BCUT2D eigenvalue weighted by molar-refractivity contribution is 7.89. The van der Waals surface area contributed by atoms with Gasteiger partial charge in [0.2, 0.25) is 15.9 Å². The number of carbonyl (C=O) groups excluding carboxylic acids is 1. The van der Waals surface area contributed by atoms with Crippen LogP contribution in [-0.2, 0) is 24.3 Å². The van der Waals surface area contributed by atoms with Gasteiger partial charge in [0.1, 0.15) is 0 Å². The summed E-state index contributed by atoms with van der Waals surface area (Å²) in [5, 5.41) is 0. The summed E-state index contributed by atoms with van der Waals surface area (Å²) in [6.45, 7) is 3.87. The van der Waals surface area contributed by atoms with Crippen LogP contribution in [0.2, 0.25) is 0 Å². The Kier molecular flexibility index (Phi) is 9.95. The lowest BCUT2D eigenvalue weighted by atomic mass is 9.78. The summed E-state index contributed by atoms with van der Waals surface area (Å²) in [5.74, 6) is 0.586. The molecule has 2 fully saturated rings. The number of hydrogen-bond acceptors (Lipinski definition) is 5. The number of carbonyl (C=O) groups is 1. The SMILES string of the molecule is CCCCCCOC[C@@H]1[C@H](C/C=C\CCCC(=O)NS(C)(=O)=O)[C@@H]2CC[C@H]1O2. The Morgan fingerprint density at radius 3 is 2.57 bits per heavy atom. The number of fused-ring (bicyclic) bond motifs is 2. The van der Waals surface area contributed by atoms with Gasteiger partial charge in [-0.3, -0.25) is 9.52 Å². The predicted octanol–water partition coefficient (Wildman–Crippen LogP) is 3.57. The van der Waals surface area contributed by atoms with E-state index in [4.69, 9.17) is 9.47 Å².